The number of hydrogen-bond acceptors (Lipinski definition) is 4. The predicted octanol–water partition coefficient (Wildman–Crippen LogP) is 0.805. The molecule has 1 aromatic heterocycles. The molecule has 1 amide bonds. The lowest BCUT2D eigenvalue weighted by Crippen LogP contribution is -2.22. The summed E-state index contributed by atoms with van der Waals surface area (Å²) in [5.74, 6) is -2.04. The number of nitrogens with one attached hydrogen (secondary N) is 1. The normalized spacial score (nSPS) is 10.3. The van der Waals surface area contributed by atoms with Crippen molar-refractivity contribution < 1.29 is 19.1 Å². The lowest BCUT2D eigenvalue weighted by molar-refractivity contribution is -0.305. The van der Waals surface area contributed by atoms with Crippen LogP contribution in [0.2, 0.25) is 0 Å². The van der Waals surface area contributed by atoms with Gasteiger partial charge in [-0.3, -0.25) is 9.48 Å². The molecule has 0 spiro atoms. The van der Waals surface area contributed by atoms with E-state index in [1.165, 1.54) is 29.1 Å². The molecule has 0 aliphatic rings. The summed E-state index contributed by atoms with van der Waals surface area (Å²) in [6.07, 6.45) is 3.36. The van der Waals surface area contributed by atoms with Crippen LogP contribution in [0.5, 0.6) is 0 Å². The van der Waals surface area contributed by atoms with Crippen LogP contribution < -0.4 is 10.4 Å². The minimum Gasteiger partial charge on any atom is -0.550 e. The van der Waals surface area contributed by atoms with Gasteiger partial charge in [0.25, 0.3) is 5.91 Å². The number of aromatic nitrogens is 2. The first-order valence-corrected chi connectivity index (χ1v) is 6.34. The van der Waals surface area contributed by atoms with Crippen LogP contribution in [0.4, 0.5) is 10.1 Å². The Labute approximate surface area is 120 Å². The Morgan fingerprint density at radius 2 is 2.19 bits per heavy atom. The Hall–Kier alpha value is -2.70. The van der Waals surface area contributed by atoms with E-state index in [2.05, 4.69) is 10.4 Å². The summed E-state index contributed by atoms with van der Waals surface area (Å²) in [5, 5.41) is 16.9. The molecule has 2 aromatic rings. The quantitative estimate of drug-likeness (QED) is 0.852. The van der Waals surface area contributed by atoms with Crippen molar-refractivity contribution in [3.63, 3.8) is 0 Å². The molecule has 0 radical (unpaired) electrons. The van der Waals surface area contributed by atoms with Gasteiger partial charge in [0.05, 0.1) is 11.9 Å². The maximum Gasteiger partial charge on any atom is 0.255 e. The standard InChI is InChI=1S/C14H14FN3O3/c15-11-4-1-3-10(7-11)14(21)17-12-8-16-18(9-12)6-2-5-13(19)20/h1,3-4,7-9H,2,5-6H2,(H,17,21)(H,19,20)/p-1. The number of benzene rings is 1. The average molecular weight is 290 g/mol. The van der Waals surface area contributed by atoms with Crippen LogP contribution in [0, 0.1) is 5.82 Å². The zero-order chi connectivity index (χ0) is 15.2. The van der Waals surface area contributed by atoms with Gasteiger partial charge in [-0.2, -0.15) is 5.10 Å². The van der Waals surface area contributed by atoms with Gasteiger partial charge in [-0.15, -0.1) is 0 Å². The molecular formula is C14H13FN3O3-. The molecule has 21 heavy (non-hydrogen) atoms. The van der Waals surface area contributed by atoms with Crippen molar-refractivity contribution in [3.05, 3.63) is 48.0 Å². The van der Waals surface area contributed by atoms with Crippen molar-refractivity contribution in [1.82, 2.24) is 9.78 Å². The fourth-order valence-corrected chi connectivity index (χ4v) is 1.77. The van der Waals surface area contributed by atoms with Crippen molar-refractivity contribution in [2.75, 3.05) is 5.32 Å². The van der Waals surface area contributed by atoms with Gasteiger partial charge in [0, 0.05) is 24.3 Å². The van der Waals surface area contributed by atoms with Gasteiger partial charge in [0.15, 0.2) is 0 Å². The molecule has 0 aliphatic heterocycles. The average Bonchev–Trinajstić information content (AvgIpc) is 2.86. The largest absolute Gasteiger partial charge is 0.550 e. The highest BCUT2D eigenvalue weighted by Gasteiger charge is 2.08. The van der Waals surface area contributed by atoms with E-state index in [9.17, 15) is 19.1 Å². The van der Waals surface area contributed by atoms with Crippen molar-refractivity contribution in [1.29, 1.82) is 0 Å². The maximum atomic E-state index is 13.0. The lowest BCUT2D eigenvalue weighted by atomic mass is 10.2. The van der Waals surface area contributed by atoms with Crippen LogP contribution in [-0.4, -0.2) is 21.7 Å². The summed E-state index contributed by atoms with van der Waals surface area (Å²) >= 11 is 0. The van der Waals surface area contributed by atoms with E-state index in [0.717, 1.165) is 6.07 Å². The van der Waals surface area contributed by atoms with E-state index in [0.29, 0.717) is 18.7 Å². The highest BCUT2D eigenvalue weighted by Crippen LogP contribution is 2.10. The van der Waals surface area contributed by atoms with Crippen LogP contribution in [-0.2, 0) is 11.3 Å². The van der Waals surface area contributed by atoms with Crippen LogP contribution in [0.3, 0.4) is 0 Å². The molecule has 6 nitrogen and oxygen atoms in total. The maximum absolute atomic E-state index is 13.0. The van der Waals surface area contributed by atoms with Crippen LogP contribution in [0.1, 0.15) is 23.2 Å². The molecule has 1 heterocycles. The van der Waals surface area contributed by atoms with Gasteiger partial charge >= 0.3 is 0 Å². The monoisotopic (exact) mass is 290 g/mol. The molecule has 1 aromatic carbocycles. The Morgan fingerprint density at radius 1 is 1.38 bits per heavy atom. The number of carbonyl (C=O) groups is 2. The van der Waals surface area contributed by atoms with Crippen LogP contribution >= 0.6 is 0 Å². The fourth-order valence-electron chi connectivity index (χ4n) is 1.77. The van der Waals surface area contributed by atoms with Gasteiger partial charge in [-0.25, -0.2) is 4.39 Å². The van der Waals surface area contributed by atoms with Gasteiger partial charge < -0.3 is 15.2 Å². The van der Waals surface area contributed by atoms with Gasteiger partial charge in [0.2, 0.25) is 0 Å². The van der Waals surface area contributed by atoms with Crippen molar-refractivity contribution in [2.45, 2.75) is 19.4 Å². The summed E-state index contributed by atoms with van der Waals surface area (Å²) in [6, 6.07) is 5.35. The minimum absolute atomic E-state index is 0.0507. The molecule has 0 saturated carbocycles. The second-order valence-electron chi connectivity index (χ2n) is 4.43. The zero-order valence-electron chi connectivity index (χ0n) is 11.1. The summed E-state index contributed by atoms with van der Waals surface area (Å²) in [4.78, 5) is 22.2. The van der Waals surface area contributed by atoms with Crippen LogP contribution in [0.25, 0.3) is 0 Å². The highest BCUT2D eigenvalue weighted by atomic mass is 19.1. The summed E-state index contributed by atoms with van der Waals surface area (Å²) in [7, 11) is 0. The Kier molecular flexibility index (Phi) is 4.65. The molecule has 0 aliphatic carbocycles. The van der Waals surface area contributed by atoms with E-state index in [-0.39, 0.29) is 12.0 Å². The Balaban J connectivity index is 1.93. The number of rotatable bonds is 6. The number of aryl methyl sites for hydroxylation is 1. The van der Waals surface area contributed by atoms with Crippen molar-refractivity contribution in [2.24, 2.45) is 0 Å². The fraction of sp³-hybridized carbons (Fsp3) is 0.214. The number of carboxylic acid groups (broad SMARTS) is 1. The number of anilines is 1. The summed E-state index contributed by atoms with van der Waals surface area (Å²) in [6.45, 7) is 0.407. The van der Waals surface area contributed by atoms with Gasteiger partial charge in [-0.1, -0.05) is 6.07 Å². The number of amides is 1. The number of nitrogens with zero attached hydrogens (tertiary/aromatic N) is 2. The Morgan fingerprint density at radius 3 is 2.90 bits per heavy atom. The zero-order valence-corrected chi connectivity index (χ0v) is 11.1. The van der Waals surface area contributed by atoms with E-state index in [1.54, 1.807) is 6.20 Å². The molecule has 1 N–H and O–H groups in total. The van der Waals surface area contributed by atoms with E-state index in [4.69, 9.17) is 0 Å². The Bertz CT molecular complexity index is 654. The van der Waals surface area contributed by atoms with E-state index >= 15 is 0 Å². The first-order chi connectivity index (χ1) is 10.0. The smallest absolute Gasteiger partial charge is 0.255 e. The van der Waals surface area contributed by atoms with Gasteiger partial charge in [0.1, 0.15) is 5.82 Å². The first-order valence-electron chi connectivity index (χ1n) is 6.34. The third kappa shape index (κ3) is 4.41. The minimum atomic E-state index is -1.11. The third-order valence-electron chi connectivity index (χ3n) is 2.75. The lowest BCUT2D eigenvalue weighted by Gasteiger charge is -2.03. The summed E-state index contributed by atoms with van der Waals surface area (Å²) in [5.41, 5.74) is 0.664. The molecule has 0 atom stereocenters. The molecule has 110 valence electrons. The molecule has 0 unspecified atom stereocenters. The van der Waals surface area contributed by atoms with Crippen molar-refractivity contribution >= 4 is 17.6 Å². The first kappa shape index (κ1) is 14.7. The van der Waals surface area contributed by atoms with E-state index in [1.807, 2.05) is 0 Å². The second kappa shape index (κ2) is 6.65. The number of carboxylic acids is 1. The highest BCUT2D eigenvalue weighted by molar-refractivity contribution is 6.04. The van der Waals surface area contributed by atoms with Crippen molar-refractivity contribution in [3.8, 4) is 0 Å². The SMILES string of the molecule is O=C([O-])CCCn1cc(NC(=O)c2cccc(F)c2)cn1. The van der Waals surface area contributed by atoms with E-state index < -0.39 is 17.7 Å². The number of halogens is 1. The molecule has 0 saturated heterocycles. The number of aliphatic carboxylic acids is 1. The molecule has 0 bridgehead atoms. The topological polar surface area (TPSA) is 87.0 Å². The summed E-state index contributed by atoms with van der Waals surface area (Å²) < 4.78 is 14.5. The second-order valence-corrected chi connectivity index (χ2v) is 4.43. The molecule has 0 fully saturated rings. The molecular weight excluding hydrogens is 277 g/mol. The predicted molar refractivity (Wildman–Crippen MR) is 70.8 cm³/mol. The molecule has 2 rings (SSSR count). The third-order valence-corrected chi connectivity index (χ3v) is 2.75. The van der Waals surface area contributed by atoms with Crippen LogP contribution in [0.15, 0.2) is 36.7 Å². The number of hydrogen-bond donors (Lipinski definition) is 1. The van der Waals surface area contributed by atoms with Gasteiger partial charge in [-0.05, 0) is 31.0 Å². The molecule has 7 heteroatoms. The number of carbonyl (C=O) groups excluding carboxylic acids is 2.